The molecule has 2 N–H and O–H groups in total. The summed E-state index contributed by atoms with van der Waals surface area (Å²) >= 11 is 0. The molecule has 38 heavy (non-hydrogen) atoms. The summed E-state index contributed by atoms with van der Waals surface area (Å²) in [6, 6.07) is 7.17. The lowest BCUT2D eigenvalue weighted by molar-refractivity contribution is 0.0677. The summed E-state index contributed by atoms with van der Waals surface area (Å²) in [6.07, 6.45) is 7.24. The molecule has 0 radical (unpaired) electrons. The molecule has 3 atom stereocenters. The molecular formula is C27H25F2N7O2. The van der Waals surface area contributed by atoms with Crippen LogP contribution in [0.3, 0.4) is 0 Å². The summed E-state index contributed by atoms with van der Waals surface area (Å²) in [5.41, 5.74) is 5.61. The summed E-state index contributed by atoms with van der Waals surface area (Å²) < 4.78 is 30.1. The first-order valence-electron chi connectivity index (χ1n) is 12.4. The number of fused-ring (bicyclic) bond motifs is 2. The van der Waals surface area contributed by atoms with Crippen molar-refractivity contribution < 1.29 is 18.7 Å². The van der Waals surface area contributed by atoms with Gasteiger partial charge in [-0.25, -0.2) is 13.8 Å². The van der Waals surface area contributed by atoms with Crippen molar-refractivity contribution in [2.24, 2.45) is 11.0 Å². The molecule has 1 aromatic carbocycles. The van der Waals surface area contributed by atoms with Gasteiger partial charge >= 0.3 is 0 Å². The molecular weight excluding hydrogens is 492 g/mol. The fourth-order valence-electron chi connectivity index (χ4n) is 5.31. The molecule has 1 amide bonds. The molecule has 0 bridgehead atoms. The molecule has 3 aromatic rings. The fraction of sp³-hybridized carbons (Fsp3) is 0.296. The van der Waals surface area contributed by atoms with Gasteiger partial charge in [0.15, 0.2) is 17.9 Å². The lowest BCUT2D eigenvalue weighted by Gasteiger charge is -2.33. The molecule has 6 rings (SSSR count). The van der Waals surface area contributed by atoms with Gasteiger partial charge in [-0.2, -0.15) is 5.10 Å². The largest absolute Gasteiger partial charge is 0.368 e. The minimum atomic E-state index is -0.832. The first kappa shape index (κ1) is 24.1. The van der Waals surface area contributed by atoms with Gasteiger partial charge in [0.05, 0.1) is 24.3 Å². The lowest BCUT2D eigenvalue weighted by Crippen LogP contribution is -2.41. The van der Waals surface area contributed by atoms with E-state index in [9.17, 15) is 18.7 Å². The first-order valence-corrected chi connectivity index (χ1v) is 12.4. The number of carbonyl (C=O) groups excluding carboxylic acids is 1. The molecule has 2 aliphatic heterocycles. The number of hydrogen-bond acceptors (Lipinski definition) is 7. The van der Waals surface area contributed by atoms with E-state index in [-0.39, 0.29) is 24.1 Å². The van der Waals surface area contributed by atoms with E-state index >= 15 is 0 Å². The van der Waals surface area contributed by atoms with Gasteiger partial charge in [0.25, 0.3) is 5.91 Å². The van der Waals surface area contributed by atoms with Crippen molar-refractivity contribution in [3.05, 3.63) is 88.9 Å². The highest BCUT2D eigenvalue weighted by Crippen LogP contribution is 2.30. The van der Waals surface area contributed by atoms with Crippen LogP contribution in [0.25, 0.3) is 11.5 Å². The van der Waals surface area contributed by atoms with Gasteiger partial charge in [-0.3, -0.25) is 10.2 Å². The number of amides is 1. The van der Waals surface area contributed by atoms with Gasteiger partial charge in [-0.1, -0.05) is 24.3 Å². The molecule has 3 unspecified atom stereocenters. The standard InChI is InChI=1S/C27H25F2N7O2/c1-15-13-35(14-24-32-33-25(36(15)24)22-9-7-17(28)12-30-22)27(38)20-10-16(6-8-21(20)29)11-23-18-4-2-3-5-19(18)26(37)34-31-23/h2-3,5-10,12,15,18,26,34,37H,4,11,13-14H2,1H3. The van der Waals surface area contributed by atoms with Crippen LogP contribution >= 0.6 is 0 Å². The SMILES string of the molecule is CC1CN(C(=O)c2cc(CC3=NNC(O)C4=CC=CCC43)ccc2F)Cc2nnc(-c3ccc(F)cn3)n21. The molecule has 0 saturated carbocycles. The fourth-order valence-corrected chi connectivity index (χ4v) is 5.31. The van der Waals surface area contributed by atoms with Crippen LogP contribution in [0.2, 0.25) is 0 Å². The third-order valence-electron chi connectivity index (χ3n) is 7.16. The van der Waals surface area contributed by atoms with E-state index in [1.54, 1.807) is 17.0 Å². The first-order chi connectivity index (χ1) is 18.4. The quantitative estimate of drug-likeness (QED) is 0.551. The molecule has 2 aromatic heterocycles. The van der Waals surface area contributed by atoms with E-state index in [0.29, 0.717) is 30.3 Å². The number of hydrogen-bond donors (Lipinski definition) is 2. The van der Waals surface area contributed by atoms with Crippen LogP contribution in [0.1, 0.15) is 41.1 Å². The Morgan fingerprint density at radius 2 is 2.08 bits per heavy atom. The maximum atomic E-state index is 14.9. The molecule has 11 heteroatoms. The zero-order valence-electron chi connectivity index (χ0n) is 20.6. The zero-order valence-corrected chi connectivity index (χ0v) is 20.6. The second kappa shape index (κ2) is 9.56. The number of nitrogens with one attached hydrogen (secondary N) is 1. The summed E-state index contributed by atoms with van der Waals surface area (Å²) in [4.78, 5) is 19.1. The highest BCUT2D eigenvalue weighted by atomic mass is 19.1. The van der Waals surface area contributed by atoms with Gasteiger partial charge < -0.3 is 14.6 Å². The number of pyridine rings is 1. The van der Waals surface area contributed by atoms with Gasteiger partial charge in [0, 0.05) is 24.6 Å². The molecule has 4 heterocycles. The third kappa shape index (κ3) is 4.28. The Morgan fingerprint density at radius 3 is 2.89 bits per heavy atom. The number of benzene rings is 1. The number of aliphatic hydroxyl groups excluding tert-OH is 1. The van der Waals surface area contributed by atoms with Crippen LogP contribution in [-0.2, 0) is 13.0 Å². The van der Waals surface area contributed by atoms with E-state index in [0.717, 1.165) is 29.5 Å². The molecule has 9 nitrogen and oxygen atoms in total. The average Bonchev–Trinajstić information content (AvgIpc) is 3.36. The van der Waals surface area contributed by atoms with Crippen molar-refractivity contribution in [1.82, 2.24) is 30.1 Å². The number of nitrogens with zero attached hydrogens (tertiary/aromatic N) is 6. The van der Waals surface area contributed by atoms with Gasteiger partial charge in [-0.05, 0) is 48.7 Å². The van der Waals surface area contributed by atoms with E-state index in [1.165, 1.54) is 18.2 Å². The van der Waals surface area contributed by atoms with E-state index in [4.69, 9.17) is 0 Å². The Kier molecular flexibility index (Phi) is 6.07. The predicted molar refractivity (Wildman–Crippen MR) is 135 cm³/mol. The van der Waals surface area contributed by atoms with Gasteiger partial charge in [-0.15, -0.1) is 10.2 Å². The predicted octanol–water partition coefficient (Wildman–Crippen LogP) is 3.16. The van der Waals surface area contributed by atoms with E-state index in [2.05, 4.69) is 25.7 Å². The molecule has 0 fully saturated rings. The highest BCUT2D eigenvalue weighted by molar-refractivity contribution is 5.96. The van der Waals surface area contributed by atoms with Crippen molar-refractivity contribution in [1.29, 1.82) is 0 Å². The number of allylic oxidation sites excluding steroid dienone is 3. The molecule has 3 aliphatic rings. The molecule has 1 aliphatic carbocycles. The van der Waals surface area contributed by atoms with Crippen molar-refractivity contribution in [3.8, 4) is 11.5 Å². The molecule has 0 saturated heterocycles. The topological polar surface area (TPSA) is 109 Å². The number of rotatable bonds is 4. The van der Waals surface area contributed by atoms with Crippen molar-refractivity contribution >= 4 is 11.6 Å². The Hall–Kier alpha value is -4.25. The molecule has 0 spiro atoms. The number of aliphatic hydroxyl groups is 1. The van der Waals surface area contributed by atoms with Crippen molar-refractivity contribution in [3.63, 3.8) is 0 Å². The number of hydrazone groups is 1. The van der Waals surface area contributed by atoms with Gasteiger partial charge in [0.1, 0.15) is 17.3 Å². The minimum Gasteiger partial charge on any atom is -0.368 e. The van der Waals surface area contributed by atoms with E-state index in [1.807, 2.05) is 29.7 Å². The number of carbonyl (C=O) groups is 1. The van der Waals surface area contributed by atoms with Crippen LogP contribution in [0.4, 0.5) is 8.78 Å². The number of aromatic nitrogens is 4. The average molecular weight is 518 g/mol. The Labute approximate surface area is 217 Å². The second-order valence-corrected chi connectivity index (χ2v) is 9.72. The van der Waals surface area contributed by atoms with E-state index < -0.39 is 23.8 Å². The zero-order chi connectivity index (χ0) is 26.4. The summed E-state index contributed by atoms with van der Waals surface area (Å²) in [5.74, 6) is -0.494. The Morgan fingerprint density at radius 1 is 1.21 bits per heavy atom. The monoisotopic (exact) mass is 517 g/mol. The Bertz CT molecular complexity index is 1500. The van der Waals surface area contributed by atoms with Gasteiger partial charge in [0.2, 0.25) is 0 Å². The van der Waals surface area contributed by atoms with Crippen molar-refractivity contribution in [2.75, 3.05) is 6.54 Å². The van der Waals surface area contributed by atoms with Crippen LogP contribution in [0.5, 0.6) is 0 Å². The number of halogens is 2. The highest BCUT2D eigenvalue weighted by Gasteiger charge is 2.33. The minimum absolute atomic E-state index is 0.0215. The van der Waals surface area contributed by atoms with Crippen LogP contribution in [0, 0.1) is 17.6 Å². The molecule has 194 valence electrons. The summed E-state index contributed by atoms with van der Waals surface area (Å²) in [6.45, 7) is 2.38. The smallest absolute Gasteiger partial charge is 0.257 e. The summed E-state index contributed by atoms with van der Waals surface area (Å²) in [7, 11) is 0. The van der Waals surface area contributed by atoms with Crippen LogP contribution < -0.4 is 5.43 Å². The normalized spacial score (nSPS) is 22.2. The lowest BCUT2D eigenvalue weighted by atomic mass is 9.83. The maximum Gasteiger partial charge on any atom is 0.257 e. The Balaban J connectivity index is 1.23. The summed E-state index contributed by atoms with van der Waals surface area (Å²) in [5, 5.41) is 23.0. The van der Waals surface area contributed by atoms with Crippen molar-refractivity contribution in [2.45, 2.75) is 38.6 Å². The second-order valence-electron chi connectivity index (χ2n) is 9.72. The third-order valence-corrected chi connectivity index (χ3v) is 7.16. The maximum absolute atomic E-state index is 14.9. The van der Waals surface area contributed by atoms with Crippen LogP contribution in [-0.4, -0.2) is 54.1 Å². The van der Waals surface area contributed by atoms with Crippen LogP contribution in [0.15, 0.2) is 65.4 Å².